The number of aryl methyl sites for hydroxylation is 2. The molecule has 0 bridgehead atoms. The molecule has 2 aromatic carbocycles. The zero-order chi connectivity index (χ0) is 19.6. The standard InChI is InChI=1S/C23H27FN2O/c1-15(2)12-26(13-18-7-9-19(24)10-8-18)14-20-11-21(27)22-16(3)5-6-17(4)23(22)25-20/h5-11,15H,12-14H2,1-4H3,(H,25,27). The fourth-order valence-electron chi connectivity index (χ4n) is 3.59. The molecule has 4 heteroatoms. The number of pyridine rings is 1. The summed E-state index contributed by atoms with van der Waals surface area (Å²) in [6.07, 6.45) is 0. The van der Waals surface area contributed by atoms with Crippen molar-refractivity contribution in [1.82, 2.24) is 9.88 Å². The molecule has 0 spiro atoms. The number of rotatable bonds is 6. The smallest absolute Gasteiger partial charge is 0.189 e. The van der Waals surface area contributed by atoms with Crippen molar-refractivity contribution in [2.24, 2.45) is 5.92 Å². The van der Waals surface area contributed by atoms with Gasteiger partial charge in [-0.15, -0.1) is 0 Å². The molecule has 0 saturated carbocycles. The third-order valence-corrected chi connectivity index (χ3v) is 4.80. The quantitative estimate of drug-likeness (QED) is 0.671. The molecule has 0 fully saturated rings. The van der Waals surface area contributed by atoms with Gasteiger partial charge in [0.25, 0.3) is 0 Å². The number of benzene rings is 2. The Morgan fingerprint density at radius 1 is 1.00 bits per heavy atom. The third kappa shape index (κ3) is 4.64. The second kappa shape index (κ2) is 8.05. The van der Waals surface area contributed by atoms with E-state index in [1.54, 1.807) is 6.07 Å². The Bertz CT molecular complexity index is 990. The number of nitrogens with one attached hydrogen (secondary N) is 1. The van der Waals surface area contributed by atoms with Crippen LogP contribution < -0.4 is 5.43 Å². The summed E-state index contributed by atoms with van der Waals surface area (Å²) < 4.78 is 13.2. The number of fused-ring (bicyclic) bond motifs is 1. The van der Waals surface area contributed by atoms with Crippen LogP contribution in [-0.2, 0) is 13.1 Å². The summed E-state index contributed by atoms with van der Waals surface area (Å²) in [6, 6.07) is 12.4. The van der Waals surface area contributed by atoms with Crippen molar-refractivity contribution in [3.8, 4) is 0 Å². The molecular formula is C23H27FN2O. The normalized spacial score (nSPS) is 11.7. The van der Waals surface area contributed by atoms with E-state index in [1.807, 2.05) is 38.1 Å². The maximum Gasteiger partial charge on any atom is 0.189 e. The van der Waals surface area contributed by atoms with E-state index in [1.165, 1.54) is 12.1 Å². The molecule has 0 amide bonds. The van der Waals surface area contributed by atoms with Crippen LogP contribution in [0.4, 0.5) is 4.39 Å². The number of H-pyrrole nitrogens is 1. The molecule has 0 radical (unpaired) electrons. The van der Waals surface area contributed by atoms with Crippen molar-refractivity contribution < 1.29 is 4.39 Å². The van der Waals surface area contributed by atoms with Crippen LogP contribution in [0.15, 0.2) is 47.3 Å². The van der Waals surface area contributed by atoms with Gasteiger partial charge >= 0.3 is 0 Å². The number of halogens is 1. The Kier molecular flexibility index (Phi) is 5.76. The highest BCUT2D eigenvalue weighted by Gasteiger charge is 2.13. The number of hydrogen-bond donors (Lipinski definition) is 1. The van der Waals surface area contributed by atoms with Gasteiger partial charge in [0, 0.05) is 36.8 Å². The molecule has 1 aromatic heterocycles. The molecule has 0 aliphatic carbocycles. The Morgan fingerprint density at radius 3 is 2.33 bits per heavy atom. The van der Waals surface area contributed by atoms with Gasteiger partial charge in [0.2, 0.25) is 0 Å². The summed E-state index contributed by atoms with van der Waals surface area (Å²) in [5.74, 6) is 0.264. The first-order valence-electron chi connectivity index (χ1n) is 9.42. The molecule has 0 aliphatic rings. The van der Waals surface area contributed by atoms with E-state index in [-0.39, 0.29) is 11.2 Å². The van der Waals surface area contributed by atoms with E-state index in [4.69, 9.17) is 0 Å². The first-order valence-corrected chi connectivity index (χ1v) is 9.42. The topological polar surface area (TPSA) is 36.1 Å². The molecule has 3 aromatic rings. The Hall–Kier alpha value is -2.46. The van der Waals surface area contributed by atoms with Gasteiger partial charge in [-0.1, -0.05) is 38.1 Å². The van der Waals surface area contributed by atoms with Gasteiger partial charge in [-0.05, 0) is 48.6 Å². The fraction of sp³-hybridized carbons (Fsp3) is 0.348. The molecule has 3 rings (SSSR count). The Morgan fingerprint density at radius 2 is 1.67 bits per heavy atom. The average Bonchev–Trinajstić information content (AvgIpc) is 2.59. The predicted molar refractivity (Wildman–Crippen MR) is 109 cm³/mol. The van der Waals surface area contributed by atoms with Crippen LogP contribution in [0.3, 0.4) is 0 Å². The van der Waals surface area contributed by atoms with Gasteiger partial charge in [0.15, 0.2) is 5.43 Å². The molecule has 1 heterocycles. The summed E-state index contributed by atoms with van der Waals surface area (Å²) in [5, 5.41) is 0.771. The van der Waals surface area contributed by atoms with Crippen LogP contribution >= 0.6 is 0 Å². The molecular weight excluding hydrogens is 339 g/mol. The summed E-state index contributed by atoms with van der Waals surface area (Å²) in [5.41, 5.74) is 5.02. The zero-order valence-corrected chi connectivity index (χ0v) is 16.5. The van der Waals surface area contributed by atoms with Crippen molar-refractivity contribution in [3.63, 3.8) is 0 Å². The third-order valence-electron chi connectivity index (χ3n) is 4.80. The van der Waals surface area contributed by atoms with Crippen molar-refractivity contribution >= 4 is 10.9 Å². The van der Waals surface area contributed by atoms with E-state index in [0.717, 1.165) is 39.8 Å². The van der Waals surface area contributed by atoms with E-state index >= 15 is 0 Å². The van der Waals surface area contributed by atoms with E-state index in [0.29, 0.717) is 19.0 Å². The van der Waals surface area contributed by atoms with E-state index < -0.39 is 0 Å². The van der Waals surface area contributed by atoms with Gasteiger partial charge < -0.3 is 4.98 Å². The van der Waals surface area contributed by atoms with Crippen molar-refractivity contribution in [1.29, 1.82) is 0 Å². The van der Waals surface area contributed by atoms with Gasteiger partial charge in [-0.25, -0.2) is 4.39 Å². The monoisotopic (exact) mass is 366 g/mol. The first kappa shape index (κ1) is 19.3. The minimum atomic E-state index is -0.223. The summed E-state index contributed by atoms with van der Waals surface area (Å²) in [7, 11) is 0. The Balaban J connectivity index is 1.92. The highest BCUT2D eigenvalue weighted by molar-refractivity contribution is 5.84. The van der Waals surface area contributed by atoms with Crippen LogP contribution in [0.2, 0.25) is 0 Å². The molecule has 0 saturated heterocycles. The highest BCUT2D eigenvalue weighted by atomic mass is 19.1. The number of hydrogen-bond acceptors (Lipinski definition) is 2. The van der Waals surface area contributed by atoms with Crippen molar-refractivity contribution in [2.45, 2.75) is 40.8 Å². The number of nitrogens with zero attached hydrogens (tertiary/aromatic N) is 1. The summed E-state index contributed by atoms with van der Waals surface area (Å²) in [6.45, 7) is 10.6. The number of aromatic nitrogens is 1. The minimum Gasteiger partial charge on any atom is -0.357 e. The fourth-order valence-corrected chi connectivity index (χ4v) is 3.59. The molecule has 0 aliphatic heterocycles. The van der Waals surface area contributed by atoms with Gasteiger partial charge in [-0.3, -0.25) is 9.69 Å². The molecule has 3 nitrogen and oxygen atoms in total. The lowest BCUT2D eigenvalue weighted by atomic mass is 10.0. The van der Waals surface area contributed by atoms with Gasteiger partial charge in [-0.2, -0.15) is 0 Å². The lowest BCUT2D eigenvalue weighted by Crippen LogP contribution is -2.28. The van der Waals surface area contributed by atoms with Crippen molar-refractivity contribution in [3.05, 3.63) is 80.9 Å². The van der Waals surface area contributed by atoms with Crippen LogP contribution in [0.5, 0.6) is 0 Å². The van der Waals surface area contributed by atoms with Gasteiger partial charge in [0.1, 0.15) is 5.82 Å². The lowest BCUT2D eigenvalue weighted by molar-refractivity contribution is 0.225. The summed E-state index contributed by atoms with van der Waals surface area (Å²) >= 11 is 0. The van der Waals surface area contributed by atoms with Gasteiger partial charge in [0.05, 0.1) is 5.52 Å². The van der Waals surface area contributed by atoms with E-state index in [9.17, 15) is 9.18 Å². The summed E-state index contributed by atoms with van der Waals surface area (Å²) in [4.78, 5) is 18.5. The Labute approximate surface area is 159 Å². The maximum atomic E-state index is 13.2. The lowest BCUT2D eigenvalue weighted by Gasteiger charge is -2.24. The van der Waals surface area contributed by atoms with Crippen molar-refractivity contribution in [2.75, 3.05) is 6.54 Å². The number of aromatic amines is 1. The van der Waals surface area contributed by atoms with Crippen LogP contribution in [0.1, 0.15) is 36.2 Å². The molecule has 0 atom stereocenters. The zero-order valence-electron chi connectivity index (χ0n) is 16.5. The molecule has 142 valence electrons. The maximum absolute atomic E-state index is 13.2. The highest BCUT2D eigenvalue weighted by Crippen LogP contribution is 2.19. The molecule has 1 N–H and O–H groups in total. The van der Waals surface area contributed by atoms with Crippen LogP contribution in [0, 0.1) is 25.6 Å². The van der Waals surface area contributed by atoms with Crippen LogP contribution in [0.25, 0.3) is 10.9 Å². The SMILES string of the molecule is Cc1ccc(C)c2c(=O)cc(CN(Cc3ccc(F)cc3)CC(C)C)[nH]c12. The second-order valence-corrected chi connectivity index (χ2v) is 7.80. The average molecular weight is 366 g/mol. The largest absolute Gasteiger partial charge is 0.357 e. The molecule has 27 heavy (non-hydrogen) atoms. The molecule has 0 unspecified atom stereocenters. The first-order chi connectivity index (χ1) is 12.8. The van der Waals surface area contributed by atoms with Crippen LogP contribution in [-0.4, -0.2) is 16.4 Å². The second-order valence-electron chi connectivity index (χ2n) is 7.80. The van der Waals surface area contributed by atoms with E-state index in [2.05, 4.69) is 23.7 Å². The minimum absolute atomic E-state index is 0.0613. The predicted octanol–water partition coefficient (Wildman–Crippen LogP) is 4.94.